The molecule has 0 aliphatic rings. The van der Waals surface area contributed by atoms with Crippen LogP contribution in [0.4, 0.5) is 0 Å². The highest BCUT2D eigenvalue weighted by molar-refractivity contribution is 5.39. The van der Waals surface area contributed by atoms with Crippen molar-refractivity contribution >= 4 is 0 Å². The third kappa shape index (κ3) is 2.55. The van der Waals surface area contributed by atoms with E-state index in [0.717, 1.165) is 5.56 Å². The van der Waals surface area contributed by atoms with E-state index in [1.807, 2.05) is 6.07 Å². The second kappa shape index (κ2) is 4.89. The summed E-state index contributed by atoms with van der Waals surface area (Å²) in [6, 6.07) is 3.56. The van der Waals surface area contributed by atoms with Crippen molar-refractivity contribution in [3.63, 3.8) is 0 Å². The van der Waals surface area contributed by atoms with Crippen LogP contribution in [0.25, 0.3) is 0 Å². The van der Waals surface area contributed by atoms with Crippen LogP contribution < -0.4 is 4.74 Å². The van der Waals surface area contributed by atoms with Crippen molar-refractivity contribution in [1.29, 1.82) is 0 Å². The second-order valence-corrected chi connectivity index (χ2v) is 2.94. The van der Waals surface area contributed by atoms with Crippen LogP contribution >= 0.6 is 0 Å². The van der Waals surface area contributed by atoms with Crippen molar-refractivity contribution in [2.45, 2.75) is 0 Å². The van der Waals surface area contributed by atoms with Crippen LogP contribution in [0.1, 0.15) is 11.4 Å². The van der Waals surface area contributed by atoms with E-state index >= 15 is 0 Å². The summed E-state index contributed by atoms with van der Waals surface area (Å²) in [5.41, 5.74) is 0.770. The molecule has 4 nitrogen and oxygen atoms in total. The van der Waals surface area contributed by atoms with Crippen LogP contribution in [0.15, 0.2) is 36.9 Å². The molecule has 0 aliphatic heterocycles. The Labute approximate surface area is 93.4 Å². The van der Waals surface area contributed by atoms with Crippen molar-refractivity contribution in [2.75, 3.05) is 7.11 Å². The molecule has 0 radical (unpaired) electrons. The summed E-state index contributed by atoms with van der Waals surface area (Å²) in [5.74, 6) is 6.93. The van der Waals surface area contributed by atoms with Gasteiger partial charge in [0.2, 0.25) is 5.82 Å². The lowest BCUT2D eigenvalue weighted by molar-refractivity contribution is 0.413. The maximum absolute atomic E-state index is 5.05. The first kappa shape index (κ1) is 10.1. The van der Waals surface area contributed by atoms with E-state index in [-0.39, 0.29) is 0 Å². The number of hydrogen-bond acceptors (Lipinski definition) is 4. The smallest absolute Gasteiger partial charge is 0.205 e. The lowest BCUT2D eigenvalue weighted by atomic mass is 10.3. The van der Waals surface area contributed by atoms with Crippen LogP contribution in [-0.4, -0.2) is 22.1 Å². The van der Waals surface area contributed by atoms with Gasteiger partial charge in [0.25, 0.3) is 0 Å². The van der Waals surface area contributed by atoms with E-state index in [2.05, 4.69) is 26.8 Å². The molecule has 4 heteroatoms. The fourth-order valence-corrected chi connectivity index (χ4v) is 1.09. The molecule has 2 aromatic rings. The molecule has 0 amide bonds. The molecule has 16 heavy (non-hydrogen) atoms. The highest BCUT2D eigenvalue weighted by Gasteiger charge is 1.92. The standard InChI is InChI=1S/C12H9N3O/c1-16-11-7-10(8-13-9-11)3-4-12-14-5-2-6-15-12/h2,5-9H,1H3. The van der Waals surface area contributed by atoms with Gasteiger partial charge in [-0.15, -0.1) is 0 Å². The summed E-state index contributed by atoms with van der Waals surface area (Å²) in [6.45, 7) is 0. The van der Waals surface area contributed by atoms with Gasteiger partial charge >= 0.3 is 0 Å². The third-order valence-electron chi connectivity index (χ3n) is 1.83. The molecule has 0 saturated heterocycles. The first-order valence-corrected chi connectivity index (χ1v) is 4.66. The molecule has 2 aromatic heterocycles. The van der Waals surface area contributed by atoms with E-state index in [4.69, 9.17) is 4.74 Å². The zero-order valence-electron chi connectivity index (χ0n) is 8.71. The first-order chi connectivity index (χ1) is 7.88. The van der Waals surface area contributed by atoms with Crippen LogP contribution in [0.2, 0.25) is 0 Å². The van der Waals surface area contributed by atoms with E-state index < -0.39 is 0 Å². The van der Waals surface area contributed by atoms with Crippen LogP contribution in [0, 0.1) is 11.8 Å². The molecule has 0 bridgehead atoms. The van der Waals surface area contributed by atoms with Gasteiger partial charge in [-0.05, 0) is 18.1 Å². The predicted molar refractivity (Wildman–Crippen MR) is 58.8 cm³/mol. The zero-order valence-corrected chi connectivity index (χ0v) is 8.71. The lowest BCUT2D eigenvalue weighted by Gasteiger charge is -1.97. The summed E-state index contributed by atoms with van der Waals surface area (Å²) in [6.07, 6.45) is 6.60. The molecule has 0 unspecified atom stereocenters. The Hall–Kier alpha value is -2.41. The molecule has 0 saturated carbocycles. The van der Waals surface area contributed by atoms with Gasteiger partial charge < -0.3 is 4.74 Å². The minimum Gasteiger partial charge on any atom is -0.495 e. The Morgan fingerprint density at radius 2 is 1.94 bits per heavy atom. The number of aromatic nitrogens is 3. The molecule has 0 atom stereocenters. The van der Waals surface area contributed by atoms with Gasteiger partial charge in [-0.1, -0.05) is 5.92 Å². The average Bonchev–Trinajstić information content (AvgIpc) is 2.38. The monoisotopic (exact) mass is 211 g/mol. The number of ether oxygens (including phenoxy) is 1. The molecule has 0 aromatic carbocycles. The van der Waals surface area contributed by atoms with Gasteiger partial charge in [0.05, 0.1) is 13.3 Å². The fourth-order valence-electron chi connectivity index (χ4n) is 1.09. The summed E-state index contributed by atoms with van der Waals surface area (Å²) >= 11 is 0. The highest BCUT2D eigenvalue weighted by Crippen LogP contribution is 2.08. The number of pyridine rings is 1. The largest absolute Gasteiger partial charge is 0.495 e. The first-order valence-electron chi connectivity index (χ1n) is 4.66. The van der Waals surface area contributed by atoms with Crippen LogP contribution in [-0.2, 0) is 0 Å². The highest BCUT2D eigenvalue weighted by atomic mass is 16.5. The fraction of sp³-hybridized carbons (Fsp3) is 0.0833. The Bertz CT molecular complexity index is 529. The maximum atomic E-state index is 5.05. The molecular formula is C12H9N3O. The Morgan fingerprint density at radius 3 is 2.69 bits per heavy atom. The van der Waals surface area contributed by atoms with Gasteiger partial charge in [-0.25, -0.2) is 9.97 Å². The lowest BCUT2D eigenvalue weighted by Crippen LogP contribution is -1.87. The summed E-state index contributed by atoms with van der Waals surface area (Å²) in [4.78, 5) is 12.0. The number of hydrogen-bond donors (Lipinski definition) is 0. The van der Waals surface area contributed by atoms with Gasteiger partial charge in [-0.3, -0.25) is 4.98 Å². The van der Waals surface area contributed by atoms with E-state index in [9.17, 15) is 0 Å². The van der Waals surface area contributed by atoms with E-state index in [0.29, 0.717) is 11.6 Å². The normalized spacial score (nSPS) is 9.06. The number of methoxy groups -OCH3 is 1. The molecule has 2 heterocycles. The van der Waals surface area contributed by atoms with E-state index in [1.54, 1.807) is 38.0 Å². The number of rotatable bonds is 1. The Kier molecular flexibility index (Phi) is 3.10. The Balaban J connectivity index is 2.24. The van der Waals surface area contributed by atoms with Gasteiger partial charge in [-0.2, -0.15) is 0 Å². The third-order valence-corrected chi connectivity index (χ3v) is 1.83. The van der Waals surface area contributed by atoms with Gasteiger partial charge in [0, 0.05) is 24.2 Å². The second-order valence-electron chi connectivity index (χ2n) is 2.94. The molecule has 0 N–H and O–H groups in total. The van der Waals surface area contributed by atoms with Crippen molar-refractivity contribution in [1.82, 2.24) is 15.0 Å². The molecule has 0 spiro atoms. The van der Waals surface area contributed by atoms with Crippen molar-refractivity contribution < 1.29 is 4.74 Å². The van der Waals surface area contributed by atoms with Crippen molar-refractivity contribution in [3.05, 3.63) is 48.3 Å². The van der Waals surface area contributed by atoms with Crippen LogP contribution in [0.3, 0.4) is 0 Å². The quantitative estimate of drug-likeness (QED) is 0.667. The minimum atomic E-state index is 0.491. The number of nitrogens with zero attached hydrogens (tertiary/aromatic N) is 3. The molecule has 78 valence electrons. The zero-order chi connectivity index (χ0) is 11.2. The van der Waals surface area contributed by atoms with E-state index in [1.165, 1.54) is 0 Å². The summed E-state index contributed by atoms with van der Waals surface area (Å²) < 4.78 is 5.05. The van der Waals surface area contributed by atoms with Gasteiger partial charge in [0.15, 0.2) is 0 Å². The minimum absolute atomic E-state index is 0.491. The van der Waals surface area contributed by atoms with Gasteiger partial charge in [0.1, 0.15) is 5.75 Å². The maximum Gasteiger partial charge on any atom is 0.205 e. The molecular weight excluding hydrogens is 202 g/mol. The SMILES string of the molecule is COc1cncc(C#Cc2ncccn2)c1. The Morgan fingerprint density at radius 1 is 1.12 bits per heavy atom. The molecule has 2 rings (SSSR count). The summed E-state index contributed by atoms with van der Waals surface area (Å²) in [5, 5.41) is 0. The molecule has 0 aliphatic carbocycles. The van der Waals surface area contributed by atoms with Crippen molar-refractivity contribution in [2.24, 2.45) is 0 Å². The topological polar surface area (TPSA) is 47.9 Å². The molecule has 0 fully saturated rings. The summed E-state index contributed by atoms with van der Waals surface area (Å²) in [7, 11) is 1.59. The average molecular weight is 211 g/mol. The van der Waals surface area contributed by atoms with Crippen LogP contribution in [0.5, 0.6) is 5.75 Å². The van der Waals surface area contributed by atoms with Crippen molar-refractivity contribution in [3.8, 4) is 17.6 Å². The predicted octanol–water partition coefficient (Wildman–Crippen LogP) is 1.28.